The predicted octanol–water partition coefficient (Wildman–Crippen LogP) is 4.34. The van der Waals surface area contributed by atoms with E-state index < -0.39 is 5.25 Å². The number of ether oxygens (including phenoxy) is 1. The molecule has 2 fully saturated rings. The summed E-state index contributed by atoms with van der Waals surface area (Å²) in [5.74, 6) is -0.0622. The van der Waals surface area contributed by atoms with Crippen LogP contribution in [0.2, 0.25) is 5.02 Å². The molecule has 0 spiro atoms. The van der Waals surface area contributed by atoms with Crippen LogP contribution in [0.1, 0.15) is 36.5 Å². The number of rotatable bonds is 7. The maximum Gasteiger partial charge on any atom is 0.262 e. The average molecular weight is 470 g/mol. The topological polar surface area (TPSA) is 73.2 Å². The van der Waals surface area contributed by atoms with E-state index in [0.29, 0.717) is 34.2 Å². The molecule has 1 saturated heterocycles. The van der Waals surface area contributed by atoms with Gasteiger partial charge in [-0.25, -0.2) is 4.98 Å². The normalized spacial score (nSPS) is 19.2. The Morgan fingerprint density at radius 3 is 2.75 bits per heavy atom. The van der Waals surface area contributed by atoms with Crippen LogP contribution in [0, 0.1) is 0 Å². The molecule has 1 aromatic heterocycles. The minimum atomic E-state index is -0.518. The Hall–Kier alpha value is -2.35. The van der Waals surface area contributed by atoms with Crippen LogP contribution in [-0.4, -0.2) is 34.2 Å². The van der Waals surface area contributed by atoms with Gasteiger partial charge in [-0.05, 0) is 49.4 Å². The summed E-state index contributed by atoms with van der Waals surface area (Å²) in [5, 5.41) is 4.11. The number of halogens is 1. The quantitative estimate of drug-likeness (QED) is 0.411. The van der Waals surface area contributed by atoms with Gasteiger partial charge in [-0.2, -0.15) is 0 Å². The summed E-state index contributed by atoms with van der Waals surface area (Å²) in [7, 11) is 0. The van der Waals surface area contributed by atoms with Crippen LogP contribution in [-0.2, 0) is 16.1 Å². The van der Waals surface area contributed by atoms with Crippen molar-refractivity contribution >= 4 is 40.2 Å². The number of carbonyl (C=O) groups is 1. The second-order valence-corrected chi connectivity index (χ2v) is 9.81. The van der Waals surface area contributed by atoms with Crippen molar-refractivity contribution in [3.8, 4) is 0 Å². The molecule has 0 unspecified atom stereocenters. The Balaban J connectivity index is 1.57. The third kappa shape index (κ3) is 4.70. The number of nitrogens with zero attached hydrogens (tertiary/aromatic N) is 2. The number of nitrogens with one attached hydrogen (secondary N) is 1. The van der Waals surface area contributed by atoms with Gasteiger partial charge in [-0.1, -0.05) is 53.7 Å². The monoisotopic (exact) mass is 469 g/mol. The summed E-state index contributed by atoms with van der Waals surface area (Å²) >= 11 is 7.48. The number of aromatic nitrogens is 2. The van der Waals surface area contributed by atoms with E-state index in [9.17, 15) is 9.59 Å². The lowest BCUT2D eigenvalue weighted by molar-refractivity contribution is -0.120. The maximum atomic E-state index is 13.4. The third-order valence-electron chi connectivity index (χ3n) is 5.78. The lowest BCUT2D eigenvalue weighted by atomic mass is 10.1. The average Bonchev–Trinajstić information content (AvgIpc) is 3.45. The Kier molecular flexibility index (Phi) is 6.22. The van der Waals surface area contributed by atoms with Crippen LogP contribution in [0.15, 0.2) is 58.5 Å². The Morgan fingerprint density at radius 1 is 1.22 bits per heavy atom. The second-order valence-electron chi connectivity index (χ2n) is 8.30. The Labute approximate surface area is 195 Å². The van der Waals surface area contributed by atoms with E-state index in [1.807, 2.05) is 30.3 Å². The van der Waals surface area contributed by atoms with Gasteiger partial charge in [0.2, 0.25) is 5.91 Å². The molecule has 1 N–H and O–H groups in total. The highest BCUT2D eigenvalue weighted by molar-refractivity contribution is 8.00. The highest BCUT2D eigenvalue weighted by atomic mass is 35.5. The molecule has 2 heterocycles. The summed E-state index contributed by atoms with van der Waals surface area (Å²) in [4.78, 5) is 31.4. The van der Waals surface area contributed by atoms with Gasteiger partial charge < -0.3 is 10.1 Å². The first-order chi connectivity index (χ1) is 15.6. The maximum absolute atomic E-state index is 13.4. The summed E-state index contributed by atoms with van der Waals surface area (Å²) in [6.07, 6.45) is 3.87. The molecule has 8 heteroatoms. The van der Waals surface area contributed by atoms with Crippen molar-refractivity contribution in [2.24, 2.45) is 0 Å². The number of carbonyl (C=O) groups excluding carboxylic acids is 1. The number of benzene rings is 2. The first-order valence-electron chi connectivity index (χ1n) is 10.9. The number of fused-ring (bicyclic) bond motifs is 1. The van der Waals surface area contributed by atoms with E-state index in [4.69, 9.17) is 21.3 Å². The Bertz CT molecular complexity index is 1190. The van der Waals surface area contributed by atoms with Crippen LogP contribution in [0.25, 0.3) is 10.9 Å². The fraction of sp³-hybridized carbons (Fsp3) is 0.375. The molecule has 1 saturated carbocycles. The van der Waals surface area contributed by atoms with Crippen molar-refractivity contribution in [1.82, 2.24) is 14.9 Å². The molecule has 5 rings (SSSR count). The molecule has 0 bridgehead atoms. The molecule has 32 heavy (non-hydrogen) atoms. The minimum absolute atomic E-state index is 0.0333. The molecule has 0 radical (unpaired) electrons. The van der Waals surface area contributed by atoms with Gasteiger partial charge >= 0.3 is 0 Å². The smallest absolute Gasteiger partial charge is 0.262 e. The first-order valence-corrected chi connectivity index (χ1v) is 12.2. The zero-order valence-corrected chi connectivity index (χ0v) is 19.1. The molecule has 1 aliphatic heterocycles. The largest absolute Gasteiger partial charge is 0.376 e. The van der Waals surface area contributed by atoms with Crippen molar-refractivity contribution in [3.05, 3.63) is 69.5 Å². The number of amides is 1. The van der Waals surface area contributed by atoms with Crippen molar-refractivity contribution in [2.45, 2.75) is 54.8 Å². The standard InChI is InChI=1S/C24H24ClN3O3S/c25-16-8-11-19-20(13-16)27-24(28(23(19)30)14-18-7-4-12-31-18)32-21(15-5-2-1-3-6-15)22(29)26-17-9-10-17/h1-3,5-6,8,11,13,17-18,21H,4,7,9-10,12,14H2,(H,26,29)/t18-,21-/m1/s1. The zero-order chi connectivity index (χ0) is 22.1. The van der Waals surface area contributed by atoms with Crippen molar-refractivity contribution < 1.29 is 9.53 Å². The Morgan fingerprint density at radius 2 is 2.03 bits per heavy atom. The lowest BCUT2D eigenvalue weighted by Crippen LogP contribution is -2.32. The highest BCUT2D eigenvalue weighted by Crippen LogP contribution is 2.36. The van der Waals surface area contributed by atoms with Crippen LogP contribution >= 0.6 is 23.4 Å². The molecule has 6 nitrogen and oxygen atoms in total. The molecular weight excluding hydrogens is 446 g/mol. The number of thioether (sulfide) groups is 1. The minimum Gasteiger partial charge on any atom is -0.376 e. The predicted molar refractivity (Wildman–Crippen MR) is 126 cm³/mol. The number of hydrogen-bond acceptors (Lipinski definition) is 5. The van der Waals surface area contributed by atoms with E-state index in [1.165, 1.54) is 11.8 Å². The van der Waals surface area contributed by atoms with Gasteiger partial charge in [0.1, 0.15) is 5.25 Å². The van der Waals surface area contributed by atoms with Crippen LogP contribution < -0.4 is 10.9 Å². The van der Waals surface area contributed by atoms with E-state index in [-0.39, 0.29) is 23.6 Å². The van der Waals surface area contributed by atoms with E-state index in [0.717, 1.165) is 31.2 Å². The lowest BCUT2D eigenvalue weighted by Gasteiger charge is -2.21. The molecule has 2 atom stereocenters. The van der Waals surface area contributed by atoms with Gasteiger partial charge in [0, 0.05) is 17.7 Å². The summed E-state index contributed by atoms with van der Waals surface area (Å²) < 4.78 is 7.46. The fourth-order valence-electron chi connectivity index (χ4n) is 3.93. The number of hydrogen-bond donors (Lipinski definition) is 1. The summed E-state index contributed by atoms with van der Waals surface area (Å²) in [6, 6.07) is 15.0. The molecule has 2 aromatic carbocycles. The van der Waals surface area contributed by atoms with Gasteiger partial charge in [0.15, 0.2) is 5.16 Å². The second kappa shape index (κ2) is 9.25. The molecule has 3 aromatic rings. The van der Waals surface area contributed by atoms with E-state index >= 15 is 0 Å². The molecule has 2 aliphatic rings. The van der Waals surface area contributed by atoms with Crippen LogP contribution in [0.4, 0.5) is 0 Å². The van der Waals surface area contributed by atoms with Crippen molar-refractivity contribution in [3.63, 3.8) is 0 Å². The molecule has 1 amide bonds. The molecule has 166 valence electrons. The highest BCUT2D eigenvalue weighted by Gasteiger charge is 2.31. The van der Waals surface area contributed by atoms with Crippen LogP contribution in [0.3, 0.4) is 0 Å². The zero-order valence-electron chi connectivity index (χ0n) is 17.5. The van der Waals surface area contributed by atoms with Crippen molar-refractivity contribution in [1.29, 1.82) is 0 Å². The van der Waals surface area contributed by atoms with Gasteiger partial charge in [-0.3, -0.25) is 14.2 Å². The van der Waals surface area contributed by atoms with Crippen molar-refractivity contribution in [2.75, 3.05) is 6.61 Å². The summed E-state index contributed by atoms with van der Waals surface area (Å²) in [5.41, 5.74) is 1.27. The van der Waals surface area contributed by atoms with Gasteiger partial charge in [-0.15, -0.1) is 0 Å². The first kappa shape index (κ1) is 21.5. The summed E-state index contributed by atoms with van der Waals surface area (Å²) in [6.45, 7) is 1.12. The third-order valence-corrected chi connectivity index (χ3v) is 7.26. The fourth-order valence-corrected chi connectivity index (χ4v) is 5.21. The van der Waals surface area contributed by atoms with Gasteiger partial charge in [0.25, 0.3) is 5.56 Å². The van der Waals surface area contributed by atoms with Gasteiger partial charge in [0.05, 0.1) is 23.6 Å². The molecule has 1 aliphatic carbocycles. The SMILES string of the molecule is O=C(NC1CC1)[C@H](Sc1nc2cc(Cl)ccc2c(=O)n1C[C@H]1CCCO1)c1ccccc1. The van der Waals surface area contributed by atoms with E-state index in [2.05, 4.69) is 5.32 Å². The van der Waals surface area contributed by atoms with Crippen LogP contribution in [0.5, 0.6) is 0 Å². The molecular formula is C24H24ClN3O3S. The van der Waals surface area contributed by atoms with E-state index in [1.54, 1.807) is 22.8 Å².